The summed E-state index contributed by atoms with van der Waals surface area (Å²) in [6.07, 6.45) is 5.81. The first-order chi connectivity index (χ1) is 12.9. The molecule has 2 aromatic rings. The molecule has 0 aromatic heterocycles. The summed E-state index contributed by atoms with van der Waals surface area (Å²) in [6, 6.07) is 8.44. The van der Waals surface area contributed by atoms with E-state index in [1.165, 1.54) is 31.1 Å². The van der Waals surface area contributed by atoms with Crippen molar-refractivity contribution in [2.24, 2.45) is 5.92 Å². The van der Waals surface area contributed by atoms with Crippen LogP contribution in [0.3, 0.4) is 0 Å². The monoisotopic (exact) mass is 365 g/mol. The molecule has 0 radical (unpaired) electrons. The molecule has 1 aliphatic carbocycles. The Morgan fingerprint density at radius 2 is 1.78 bits per heavy atom. The van der Waals surface area contributed by atoms with Gasteiger partial charge in [0.05, 0.1) is 11.6 Å². The summed E-state index contributed by atoms with van der Waals surface area (Å²) in [5.74, 6) is 0.0943. The average Bonchev–Trinajstić information content (AvgIpc) is 2.70. The van der Waals surface area contributed by atoms with Crippen molar-refractivity contribution in [3.8, 4) is 6.07 Å². The van der Waals surface area contributed by atoms with Crippen LogP contribution in [0.1, 0.15) is 51.5 Å². The molecule has 1 saturated carbocycles. The molecule has 1 N–H and O–H groups in total. The van der Waals surface area contributed by atoms with Gasteiger partial charge in [0.1, 0.15) is 11.4 Å². The van der Waals surface area contributed by atoms with Crippen LogP contribution in [-0.2, 0) is 4.79 Å². The fourth-order valence-corrected chi connectivity index (χ4v) is 3.86. The molecule has 3 rings (SSSR count). The average molecular weight is 365 g/mol. The summed E-state index contributed by atoms with van der Waals surface area (Å²) < 4.78 is 0. The molecule has 0 aliphatic heterocycles. The highest BCUT2D eigenvalue weighted by molar-refractivity contribution is 6.03. The third kappa shape index (κ3) is 3.63. The molecule has 0 saturated heterocycles. The lowest BCUT2D eigenvalue weighted by Crippen LogP contribution is -2.44. The van der Waals surface area contributed by atoms with E-state index in [0.29, 0.717) is 17.2 Å². The number of carbonyl (C=O) groups excluding carboxylic acids is 1. The Morgan fingerprint density at radius 1 is 1.15 bits per heavy atom. The lowest BCUT2D eigenvalue weighted by molar-refractivity contribution is -0.115. The zero-order chi connectivity index (χ0) is 19.6. The summed E-state index contributed by atoms with van der Waals surface area (Å²) in [6.45, 7) is 3.37. The molecular weight excluding hydrogens is 342 g/mol. The minimum Gasteiger partial charge on any atom is -0.377 e. The highest BCUT2D eigenvalue weighted by atomic mass is 16.2. The van der Waals surface area contributed by atoms with Gasteiger partial charge in [0.25, 0.3) is 10.9 Å². The first-order valence-electron chi connectivity index (χ1n) is 9.34. The van der Waals surface area contributed by atoms with E-state index in [0.717, 1.165) is 12.8 Å². The zero-order valence-electron chi connectivity index (χ0n) is 15.6. The quantitative estimate of drug-likeness (QED) is 0.822. The van der Waals surface area contributed by atoms with Crippen molar-refractivity contribution in [1.29, 1.82) is 5.26 Å². The Labute approximate surface area is 158 Å². The van der Waals surface area contributed by atoms with E-state index in [1.54, 1.807) is 24.3 Å². The summed E-state index contributed by atoms with van der Waals surface area (Å²) in [4.78, 5) is 38.0. The molecule has 0 unspecified atom stereocenters. The number of anilines is 3. The zero-order valence-corrected chi connectivity index (χ0v) is 15.6. The van der Waals surface area contributed by atoms with Crippen LogP contribution in [0, 0.1) is 17.2 Å². The standard InChI is InChI=1S/C21H23N3O3/c1-13(16-6-4-3-5-7-16)23-18-19(21(27)20(18)26)24(14(2)25)17-10-8-15(12-22)9-11-17/h8-11,13,16,23H,3-7H2,1-2H3/t13-/m1/s1. The van der Waals surface area contributed by atoms with Gasteiger partial charge in [-0.2, -0.15) is 5.26 Å². The molecule has 0 heterocycles. The minimum atomic E-state index is -0.659. The van der Waals surface area contributed by atoms with Gasteiger partial charge in [0, 0.05) is 18.7 Å². The summed E-state index contributed by atoms with van der Waals surface area (Å²) in [5.41, 5.74) is -0.00330. The Kier molecular flexibility index (Phi) is 5.41. The maximum absolute atomic E-state index is 12.3. The minimum absolute atomic E-state index is 0.0575. The van der Waals surface area contributed by atoms with Gasteiger partial charge in [-0.15, -0.1) is 0 Å². The maximum Gasteiger partial charge on any atom is 0.254 e. The Hall–Kier alpha value is -2.94. The van der Waals surface area contributed by atoms with E-state index in [1.807, 2.05) is 13.0 Å². The highest BCUT2D eigenvalue weighted by Crippen LogP contribution is 2.32. The number of carbonyl (C=O) groups is 1. The number of hydrogen-bond donors (Lipinski definition) is 1. The van der Waals surface area contributed by atoms with Gasteiger partial charge in [0.2, 0.25) is 5.91 Å². The fourth-order valence-electron chi connectivity index (χ4n) is 3.86. The third-order valence-corrected chi connectivity index (χ3v) is 5.41. The van der Waals surface area contributed by atoms with Crippen LogP contribution >= 0.6 is 0 Å². The number of nitrogens with zero attached hydrogens (tertiary/aromatic N) is 2. The molecule has 27 heavy (non-hydrogen) atoms. The van der Waals surface area contributed by atoms with Crippen LogP contribution in [0.5, 0.6) is 0 Å². The first-order valence-corrected chi connectivity index (χ1v) is 9.34. The highest BCUT2D eigenvalue weighted by Gasteiger charge is 2.31. The van der Waals surface area contributed by atoms with Crippen molar-refractivity contribution >= 4 is 23.0 Å². The maximum atomic E-state index is 12.3. The van der Waals surface area contributed by atoms with Crippen molar-refractivity contribution in [2.75, 3.05) is 10.2 Å². The number of amides is 1. The van der Waals surface area contributed by atoms with E-state index in [-0.39, 0.29) is 23.3 Å². The van der Waals surface area contributed by atoms with E-state index >= 15 is 0 Å². The molecule has 2 aromatic carbocycles. The van der Waals surface area contributed by atoms with Crippen molar-refractivity contribution < 1.29 is 4.79 Å². The van der Waals surface area contributed by atoms with Crippen molar-refractivity contribution in [1.82, 2.24) is 0 Å². The number of benzene rings is 1. The van der Waals surface area contributed by atoms with Crippen molar-refractivity contribution in [3.05, 3.63) is 50.3 Å². The van der Waals surface area contributed by atoms with Gasteiger partial charge in [-0.1, -0.05) is 19.3 Å². The molecule has 140 valence electrons. The largest absolute Gasteiger partial charge is 0.377 e. The Morgan fingerprint density at radius 3 is 2.33 bits per heavy atom. The SMILES string of the molecule is CC(=O)N(c1ccc(C#N)cc1)c1c(N[C@H](C)C2CCCCC2)c(=O)c1=O. The molecule has 0 spiro atoms. The van der Waals surface area contributed by atoms with E-state index < -0.39 is 10.9 Å². The number of hydrogen-bond acceptors (Lipinski definition) is 5. The third-order valence-electron chi connectivity index (χ3n) is 5.41. The second-order valence-electron chi connectivity index (χ2n) is 7.23. The van der Waals surface area contributed by atoms with Gasteiger partial charge >= 0.3 is 0 Å². The van der Waals surface area contributed by atoms with Crippen LogP contribution in [0.2, 0.25) is 0 Å². The molecule has 1 aliphatic rings. The van der Waals surface area contributed by atoms with Crippen LogP contribution in [0.25, 0.3) is 0 Å². The van der Waals surface area contributed by atoms with Gasteiger partial charge in [-0.3, -0.25) is 19.3 Å². The molecule has 1 fully saturated rings. The van der Waals surface area contributed by atoms with Crippen molar-refractivity contribution in [2.45, 2.75) is 52.0 Å². The Balaban J connectivity index is 1.91. The van der Waals surface area contributed by atoms with Crippen molar-refractivity contribution in [3.63, 3.8) is 0 Å². The van der Waals surface area contributed by atoms with Crippen LogP contribution in [-0.4, -0.2) is 11.9 Å². The van der Waals surface area contributed by atoms with Crippen LogP contribution in [0.4, 0.5) is 17.1 Å². The smallest absolute Gasteiger partial charge is 0.254 e. The van der Waals surface area contributed by atoms with Crippen LogP contribution in [0.15, 0.2) is 33.9 Å². The predicted molar refractivity (Wildman–Crippen MR) is 105 cm³/mol. The number of rotatable bonds is 5. The van der Waals surface area contributed by atoms with E-state index in [2.05, 4.69) is 5.32 Å². The molecule has 0 bridgehead atoms. The number of nitrogens with one attached hydrogen (secondary N) is 1. The van der Waals surface area contributed by atoms with Gasteiger partial charge < -0.3 is 5.32 Å². The fraction of sp³-hybridized carbons (Fsp3) is 0.429. The lowest BCUT2D eigenvalue weighted by atomic mass is 9.84. The van der Waals surface area contributed by atoms with E-state index in [9.17, 15) is 14.4 Å². The van der Waals surface area contributed by atoms with Gasteiger partial charge in [0.15, 0.2) is 0 Å². The summed E-state index contributed by atoms with van der Waals surface area (Å²) >= 11 is 0. The molecule has 1 amide bonds. The molecular formula is C21H23N3O3. The normalized spacial score (nSPS) is 15.9. The van der Waals surface area contributed by atoms with Gasteiger partial charge in [-0.25, -0.2) is 0 Å². The van der Waals surface area contributed by atoms with E-state index in [4.69, 9.17) is 5.26 Å². The molecule has 6 heteroatoms. The van der Waals surface area contributed by atoms with Gasteiger partial charge in [-0.05, 0) is 49.9 Å². The summed E-state index contributed by atoms with van der Waals surface area (Å²) in [7, 11) is 0. The predicted octanol–water partition coefficient (Wildman–Crippen LogP) is 3.22. The molecule has 6 nitrogen and oxygen atoms in total. The summed E-state index contributed by atoms with van der Waals surface area (Å²) in [5, 5.41) is 12.1. The molecule has 1 atom stereocenters. The second-order valence-corrected chi connectivity index (χ2v) is 7.23. The first kappa shape index (κ1) is 18.8. The topological polar surface area (TPSA) is 90.3 Å². The Bertz CT molecular complexity index is 943. The van der Waals surface area contributed by atoms with Crippen LogP contribution < -0.4 is 21.1 Å². The second kappa shape index (κ2) is 7.75. The lowest BCUT2D eigenvalue weighted by Gasteiger charge is -2.31. The number of nitriles is 1.